The predicted molar refractivity (Wildman–Crippen MR) is 115 cm³/mol. The molecule has 1 unspecified atom stereocenters. The molecule has 0 saturated carbocycles. The molecule has 6 nitrogen and oxygen atoms in total. The Kier molecular flexibility index (Phi) is 6.80. The summed E-state index contributed by atoms with van der Waals surface area (Å²) in [5.41, 5.74) is -0.790. The van der Waals surface area contributed by atoms with Gasteiger partial charge < -0.3 is 15.7 Å². The molecular formula is C24H19F2N3O3. The number of anilines is 1. The topological polar surface area (TPSA) is 91.3 Å². The minimum Gasteiger partial charge on any atom is -0.481 e. The molecule has 0 aliphatic rings. The van der Waals surface area contributed by atoms with Gasteiger partial charge in [-0.3, -0.25) is 9.78 Å². The van der Waals surface area contributed by atoms with Gasteiger partial charge in [-0.05, 0) is 36.8 Å². The van der Waals surface area contributed by atoms with Crippen molar-refractivity contribution in [2.75, 3.05) is 5.32 Å². The number of hydrogen-bond donors (Lipinski definition) is 3. The Morgan fingerprint density at radius 3 is 2.28 bits per heavy atom. The van der Waals surface area contributed by atoms with E-state index in [0.29, 0.717) is 11.1 Å². The van der Waals surface area contributed by atoms with Crippen molar-refractivity contribution in [1.82, 2.24) is 10.3 Å². The van der Waals surface area contributed by atoms with E-state index in [0.717, 1.165) is 12.1 Å². The summed E-state index contributed by atoms with van der Waals surface area (Å²) in [4.78, 5) is 27.7. The van der Waals surface area contributed by atoms with Crippen LogP contribution in [-0.2, 0) is 10.3 Å². The van der Waals surface area contributed by atoms with Gasteiger partial charge in [0.2, 0.25) is 0 Å². The van der Waals surface area contributed by atoms with Crippen molar-refractivity contribution < 1.29 is 23.5 Å². The molecule has 32 heavy (non-hydrogen) atoms. The highest BCUT2D eigenvalue weighted by atomic mass is 19.1. The number of amides is 2. The second kappa shape index (κ2) is 9.71. The summed E-state index contributed by atoms with van der Waals surface area (Å²) in [6, 6.07) is 12.9. The first kappa shape index (κ1) is 22.4. The number of carboxylic acid groups (broad SMARTS) is 1. The number of rotatable bonds is 5. The number of carboxylic acids is 1. The van der Waals surface area contributed by atoms with E-state index in [1.165, 1.54) is 13.1 Å². The van der Waals surface area contributed by atoms with Crippen molar-refractivity contribution in [3.63, 3.8) is 0 Å². The average Bonchev–Trinajstić information content (AvgIpc) is 2.75. The van der Waals surface area contributed by atoms with Crippen LogP contribution in [0.2, 0.25) is 0 Å². The number of nitrogens with one attached hydrogen (secondary N) is 2. The van der Waals surface area contributed by atoms with Gasteiger partial charge in [-0.15, -0.1) is 0 Å². The highest BCUT2D eigenvalue weighted by molar-refractivity contribution is 5.90. The summed E-state index contributed by atoms with van der Waals surface area (Å²) in [7, 11) is 0. The lowest BCUT2D eigenvalue weighted by Crippen LogP contribution is -2.47. The fourth-order valence-electron chi connectivity index (χ4n) is 3.07. The van der Waals surface area contributed by atoms with Crippen LogP contribution in [0.4, 0.5) is 19.3 Å². The lowest BCUT2D eigenvalue weighted by molar-refractivity contribution is -0.138. The van der Waals surface area contributed by atoms with Crippen molar-refractivity contribution in [2.45, 2.75) is 18.9 Å². The zero-order chi connectivity index (χ0) is 23.1. The number of urea groups is 1. The standard InChI is InChI=1S/C24H19F2N3O3/c1-24(14-21(30)31,18-7-3-2-4-8-18)29-23(32)28-22-19(25)12-17(13-20(22)26)10-9-16-6-5-11-27-15-16/h2-8,11-13,15H,14H2,1H3,(H,30,31)(H2,28,29,32). The van der Waals surface area contributed by atoms with Crippen LogP contribution in [0.5, 0.6) is 0 Å². The van der Waals surface area contributed by atoms with Crippen molar-refractivity contribution >= 4 is 17.7 Å². The molecule has 1 heterocycles. The molecule has 162 valence electrons. The highest BCUT2D eigenvalue weighted by Gasteiger charge is 2.32. The maximum absolute atomic E-state index is 14.5. The van der Waals surface area contributed by atoms with Gasteiger partial charge >= 0.3 is 12.0 Å². The number of benzene rings is 2. The minimum atomic E-state index is -1.31. The van der Waals surface area contributed by atoms with Gasteiger partial charge in [0.15, 0.2) is 11.6 Å². The van der Waals surface area contributed by atoms with Gasteiger partial charge in [0.1, 0.15) is 5.69 Å². The van der Waals surface area contributed by atoms with Gasteiger partial charge in [-0.1, -0.05) is 42.2 Å². The summed E-state index contributed by atoms with van der Waals surface area (Å²) < 4.78 is 29.0. The zero-order valence-electron chi connectivity index (χ0n) is 17.0. The van der Waals surface area contributed by atoms with E-state index in [-0.39, 0.29) is 5.56 Å². The second-order valence-corrected chi connectivity index (χ2v) is 7.15. The number of carbonyl (C=O) groups excluding carboxylic acids is 1. The first-order valence-corrected chi connectivity index (χ1v) is 9.54. The molecule has 0 aliphatic carbocycles. The molecule has 2 aromatic carbocycles. The minimum absolute atomic E-state index is 0.0785. The summed E-state index contributed by atoms with van der Waals surface area (Å²) in [6.07, 6.45) is 2.66. The Labute approximate surface area is 183 Å². The maximum atomic E-state index is 14.5. The summed E-state index contributed by atoms with van der Waals surface area (Å²) in [5, 5.41) is 13.9. The number of hydrogen-bond acceptors (Lipinski definition) is 3. The molecule has 8 heteroatoms. The fraction of sp³-hybridized carbons (Fsp3) is 0.125. The van der Waals surface area contributed by atoms with E-state index in [4.69, 9.17) is 0 Å². The lowest BCUT2D eigenvalue weighted by Gasteiger charge is -2.30. The normalized spacial score (nSPS) is 12.1. The van der Waals surface area contributed by atoms with Gasteiger partial charge in [-0.2, -0.15) is 0 Å². The number of aliphatic carboxylic acids is 1. The van der Waals surface area contributed by atoms with Crippen molar-refractivity contribution in [1.29, 1.82) is 0 Å². The Balaban J connectivity index is 1.79. The molecule has 0 saturated heterocycles. The smallest absolute Gasteiger partial charge is 0.320 e. The van der Waals surface area contributed by atoms with Crippen LogP contribution in [0.25, 0.3) is 0 Å². The average molecular weight is 435 g/mol. The molecule has 3 rings (SSSR count). The van der Waals surface area contributed by atoms with Crippen molar-refractivity contribution in [2.24, 2.45) is 0 Å². The molecule has 0 spiro atoms. The van der Waals surface area contributed by atoms with Crippen LogP contribution in [0.15, 0.2) is 67.0 Å². The number of pyridine rings is 1. The third-order valence-corrected chi connectivity index (χ3v) is 4.60. The monoisotopic (exact) mass is 435 g/mol. The van der Waals surface area contributed by atoms with E-state index in [9.17, 15) is 23.5 Å². The molecule has 1 aromatic heterocycles. The molecule has 3 N–H and O–H groups in total. The summed E-state index contributed by atoms with van der Waals surface area (Å²) >= 11 is 0. The molecule has 0 aliphatic heterocycles. The van der Waals surface area contributed by atoms with E-state index in [1.54, 1.807) is 48.7 Å². The fourth-order valence-corrected chi connectivity index (χ4v) is 3.07. The van der Waals surface area contributed by atoms with E-state index in [2.05, 4.69) is 27.5 Å². The summed E-state index contributed by atoms with van der Waals surface area (Å²) in [6.45, 7) is 1.51. The molecule has 0 radical (unpaired) electrons. The van der Waals surface area contributed by atoms with Gasteiger partial charge in [0.05, 0.1) is 12.0 Å². The van der Waals surface area contributed by atoms with Crippen LogP contribution in [0.1, 0.15) is 30.0 Å². The molecule has 2 amide bonds. The SMILES string of the molecule is CC(CC(=O)O)(NC(=O)Nc1c(F)cc(C#Cc2cccnc2)cc1F)c1ccccc1. The van der Waals surface area contributed by atoms with E-state index >= 15 is 0 Å². The first-order chi connectivity index (χ1) is 15.3. The van der Waals surface area contributed by atoms with E-state index < -0.39 is 41.3 Å². The van der Waals surface area contributed by atoms with Gasteiger partial charge in [0, 0.05) is 23.5 Å². The number of nitrogens with zero attached hydrogens (tertiary/aromatic N) is 1. The lowest BCUT2D eigenvalue weighted by atomic mass is 9.88. The third kappa shape index (κ3) is 5.67. The summed E-state index contributed by atoms with van der Waals surface area (Å²) in [5.74, 6) is 2.20. The number of halogens is 2. The van der Waals surface area contributed by atoms with Gasteiger partial charge in [-0.25, -0.2) is 13.6 Å². The van der Waals surface area contributed by atoms with Crippen LogP contribution in [0, 0.1) is 23.5 Å². The van der Waals surface area contributed by atoms with Crippen LogP contribution in [-0.4, -0.2) is 22.1 Å². The van der Waals surface area contributed by atoms with Crippen molar-refractivity contribution in [3.05, 3.63) is 95.3 Å². The number of carbonyl (C=O) groups is 2. The molecular weight excluding hydrogens is 416 g/mol. The first-order valence-electron chi connectivity index (χ1n) is 9.54. The van der Waals surface area contributed by atoms with Crippen LogP contribution in [0.3, 0.4) is 0 Å². The molecule has 3 aromatic rings. The number of aromatic nitrogens is 1. The quantitative estimate of drug-likeness (QED) is 0.522. The Hall–Kier alpha value is -4.25. The largest absolute Gasteiger partial charge is 0.481 e. The second-order valence-electron chi connectivity index (χ2n) is 7.15. The molecule has 0 fully saturated rings. The Bertz CT molecular complexity index is 1170. The maximum Gasteiger partial charge on any atom is 0.320 e. The Morgan fingerprint density at radius 1 is 1.03 bits per heavy atom. The zero-order valence-corrected chi connectivity index (χ0v) is 17.0. The molecule has 1 atom stereocenters. The molecule has 0 bridgehead atoms. The van der Waals surface area contributed by atoms with Crippen molar-refractivity contribution in [3.8, 4) is 11.8 Å². The predicted octanol–water partition coefficient (Wildman–Crippen LogP) is 4.27. The van der Waals surface area contributed by atoms with Crippen LogP contribution < -0.4 is 10.6 Å². The third-order valence-electron chi connectivity index (χ3n) is 4.60. The van der Waals surface area contributed by atoms with Gasteiger partial charge in [0.25, 0.3) is 0 Å². The van der Waals surface area contributed by atoms with E-state index in [1.807, 2.05) is 0 Å². The Morgan fingerprint density at radius 2 is 1.69 bits per heavy atom. The highest BCUT2D eigenvalue weighted by Crippen LogP contribution is 2.26. The van der Waals surface area contributed by atoms with Crippen LogP contribution >= 0.6 is 0 Å².